The zero-order valence-electron chi connectivity index (χ0n) is 14.8. The van der Waals surface area contributed by atoms with Crippen molar-refractivity contribution >= 4 is 50.7 Å². The second-order valence-electron chi connectivity index (χ2n) is 6.45. The van der Waals surface area contributed by atoms with Gasteiger partial charge < -0.3 is 0 Å². The third-order valence-corrected chi connectivity index (χ3v) is 5.30. The molecule has 136 valence electrons. The van der Waals surface area contributed by atoms with Crippen molar-refractivity contribution in [3.05, 3.63) is 75.2 Å². The highest BCUT2D eigenvalue weighted by Gasteiger charge is 2.19. The van der Waals surface area contributed by atoms with Crippen molar-refractivity contribution in [3.8, 4) is 22.6 Å². The van der Waals surface area contributed by atoms with Crippen LogP contribution < -0.4 is 0 Å². The van der Waals surface area contributed by atoms with Crippen LogP contribution in [0.3, 0.4) is 0 Å². The lowest BCUT2D eigenvalue weighted by Gasteiger charge is -2.05. The smallest absolute Gasteiger partial charge is 0.121 e. The third-order valence-electron chi connectivity index (χ3n) is 4.48. The molecule has 5 nitrogen and oxygen atoms in total. The molecule has 0 saturated heterocycles. The maximum absolute atomic E-state index is 6.19. The van der Waals surface area contributed by atoms with E-state index in [9.17, 15) is 0 Å². The Morgan fingerprint density at radius 3 is 2.71 bits per heavy atom. The molecule has 0 bridgehead atoms. The van der Waals surface area contributed by atoms with Gasteiger partial charge in [0.15, 0.2) is 0 Å². The third kappa shape index (κ3) is 3.02. The molecule has 0 aliphatic carbocycles. The molecule has 5 aromatic rings. The number of aryl methyl sites for hydroxylation is 1. The highest BCUT2D eigenvalue weighted by molar-refractivity contribution is 14.1. The molecule has 5 aromatic heterocycles. The summed E-state index contributed by atoms with van der Waals surface area (Å²) >= 11 is 8.44. The first-order chi connectivity index (χ1) is 13.6. The fourth-order valence-corrected chi connectivity index (χ4v) is 3.84. The summed E-state index contributed by atoms with van der Waals surface area (Å²) in [5.41, 5.74) is 6.90. The number of hydrogen-bond donors (Lipinski definition) is 0. The molecule has 0 aromatic carbocycles. The van der Waals surface area contributed by atoms with Crippen molar-refractivity contribution in [2.75, 3.05) is 0 Å². The lowest BCUT2D eigenvalue weighted by molar-refractivity contribution is 0.961. The summed E-state index contributed by atoms with van der Waals surface area (Å²) in [6, 6.07) is 15.7. The second kappa shape index (κ2) is 6.79. The molecule has 0 aliphatic rings. The van der Waals surface area contributed by atoms with E-state index in [-0.39, 0.29) is 0 Å². The van der Waals surface area contributed by atoms with E-state index in [0.717, 1.165) is 48.5 Å². The predicted octanol–water partition coefficient (Wildman–Crippen LogP) is 5.57. The second-order valence-corrected chi connectivity index (χ2v) is 8.14. The fraction of sp³-hybridized carbons (Fsp3) is 0.0476. The summed E-state index contributed by atoms with van der Waals surface area (Å²) < 4.78 is 2.83. The molecule has 0 saturated carbocycles. The van der Waals surface area contributed by atoms with E-state index in [2.05, 4.69) is 32.6 Å². The molecule has 0 amide bonds. The zero-order valence-corrected chi connectivity index (χ0v) is 17.7. The van der Waals surface area contributed by atoms with Crippen LogP contribution in [0.25, 0.3) is 39.2 Å². The maximum atomic E-state index is 6.19. The highest BCUT2D eigenvalue weighted by atomic mass is 127. The number of hydrogen-bond acceptors (Lipinski definition) is 4. The van der Waals surface area contributed by atoms with E-state index in [1.165, 1.54) is 0 Å². The van der Waals surface area contributed by atoms with E-state index in [4.69, 9.17) is 21.7 Å². The quantitative estimate of drug-likeness (QED) is 0.299. The van der Waals surface area contributed by atoms with Crippen LogP contribution in [-0.4, -0.2) is 24.6 Å². The normalized spacial score (nSPS) is 11.4. The number of rotatable bonds is 2. The minimum atomic E-state index is 0.621. The minimum Gasteiger partial charge on any atom is -0.254 e. The van der Waals surface area contributed by atoms with E-state index in [1.54, 1.807) is 10.7 Å². The Hall–Kier alpha value is -2.58. The van der Waals surface area contributed by atoms with E-state index in [1.807, 2.05) is 61.7 Å². The molecule has 0 aliphatic heterocycles. The Kier molecular flexibility index (Phi) is 4.25. The first kappa shape index (κ1) is 17.5. The molecule has 0 N–H and O–H groups in total. The van der Waals surface area contributed by atoms with Crippen molar-refractivity contribution in [1.82, 2.24) is 24.6 Å². The average molecular weight is 498 g/mol. The van der Waals surface area contributed by atoms with Crippen LogP contribution in [-0.2, 0) is 0 Å². The van der Waals surface area contributed by atoms with Gasteiger partial charge in [-0.3, -0.25) is 9.97 Å². The van der Waals surface area contributed by atoms with Gasteiger partial charge in [0, 0.05) is 21.7 Å². The highest BCUT2D eigenvalue weighted by Crippen LogP contribution is 2.34. The predicted molar refractivity (Wildman–Crippen MR) is 119 cm³/mol. The molecule has 0 fully saturated rings. The molecule has 0 unspecified atom stereocenters. The van der Waals surface area contributed by atoms with Crippen molar-refractivity contribution in [3.63, 3.8) is 0 Å². The van der Waals surface area contributed by atoms with Crippen LogP contribution in [0.15, 0.2) is 60.9 Å². The minimum absolute atomic E-state index is 0.621. The van der Waals surface area contributed by atoms with Gasteiger partial charge in [-0.2, -0.15) is 5.10 Å². The van der Waals surface area contributed by atoms with Crippen LogP contribution in [0.5, 0.6) is 0 Å². The molecular formula is C21H13ClIN5. The van der Waals surface area contributed by atoms with Crippen LogP contribution in [0.1, 0.15) is 5.69 Å². The number of halogens is 2. The van der Waals surface area contributed by atoms with E-state index < -0.39 is 0 Å². The summed E-state index contributed by atoms with van der Waals surface area (Å²) in [5, 5.41) is 5.39. The summed E-state index contributed by atoms with van der Waals surface area (Å²) in [7, 11) is 0. The van der Waals surface area contributed by atoms with E-state index in [0.29, 0.717) is 5.02 Å². The topological polar surface area (TPSA) is 56.0 Å². The summed E-state index contributed by atoms with van der Waals surface area (Å²) in [4.78, 5) is 14.0. The number of pyridine rings is 4. The van der Waals surface area contributed by atoms with Crippen LogP contribution >= 0.6 is 34.2 Å². The number of aromatic nitrogens is 5. The summed E-state index contributed by atoms with van der Waals surface area (Å²) in [6.07, 6.45) is 3.63. The van der Waals surface area contributed by atoms with Gasteiger partial charge in [0.1, 0.15) is 5.69 Å². The molecule has 0 spiro atoms. The molecule has 5 rings (SSSR count). The van der Waals surface area contributed by atoms with Gasteiger partial charge in [0.05, 0.1) is 38.5 Å². The van der Waals surface area contributed by atoms with Gasteiger partial charge in [0.25, 0.3) is 0 Å². The average Bonchev–Trinajstić information content (AvgIpc) is 3.06. The van der Waals surface area contributed by atoms with Crippen LogP contribution in [0.4, 0.5) is 0 Å². The van der Waals surface area contributed by atoms with Gasteiger partial charge in [-0.1, -0.05) is 17.7 Å². The Balaban J connectivity index is 1.83. The van der Waals surface area contributed by atoms with Gasteiger partial charge >= 0.3 is 0 Å². The van der Waals surface area contributed by atoms with Gasteiger partial charge in [-0.25, -0.2) is 9.50 Å². The van der Waals surface area contributed by atoms with Crippen LogP contribution in [0.2, 0.25) is 5.02 Å². The Bertz CT molecular complexity index is 1360. The van der Waals surface area contributed by atoms with Crippen molar-refractivity contribution in [2.24, 2.45) is 0 Å². The lowest BCUT2D eigenvalue weighted by atomic mass is 10.1. The van der Waals surface area contributed by atoms with Gasteiger partial charge in [0.2, 0.25) is 0 Å². The van der Waals surface area contributed by atoms with Crippen molar-refractivity contribution in [2.45, 2.75) is 6.92 Å². The SMILES string of the molecule is Cc1cccc(-c2nn3cc(Cl)ccc3c2-c2ccc3ncc(I)cc3n2)n1. The molecule has 0 radical (unpaired) electrons. The molecule has 28 heavy (non-hydrogen) atoms. The lowest BCUT2D eigenvalue weighted by Crippen LogP contribution is -1.92. The Labute approximate surface area is 179 Å². The van der Waals surface area contributed by atoms with Crippen molar-refractivity contribution < 1.29 is 0 Å². The monoisotopic (exact) mass is 497 g/mol. The number of fused-ring (bicyclic) bond motifs is 2. The first-order valence-corrected chi connectivity index (χ1v) is 10.1. The van der Waals surface area contributed by atoms with E-state index >= 15 is 0 Å². The molecule has 7 heteroatoms. The van der Waals surface area contributed by atoms with Crippen LogP contribution in [0, 0.1) is 10.5 Å². The summed E-state index contributed by atoms with van der Waals surface area (Å²) in [6.45, 7) is 1.97. The molecular weight excluding hydrogens is 485 g/mol. The largest absolute Gasteiger partial charge is 0.254 e. The Morgan fingerprint density at radius 2 is 1.86 bits per heavy atom. The number of nitrogens with zero attached hydrogens (tertiary/aromatic N) is 5. The maximum Gasteiger partial charge on any atom is 0.121 e. The molecule has 0 atom stereocenters. The standard InChI is InChI=1S/C21H13ClIN5/c1-12-3-2-4-17(25-12)21-20(19-8-5-13(22)11-28(19)27-21)16-7-6-15-18(26-16)9-14(23)10-24-15/h2-11H,1H3. The molecule has 5 heterocycles. The van der Waals surface area contributed by atoms with Gasteiger partial charge in [-0.15, -0.1) is 0 Å². The fourth-order valence-electron chi connectivity index (χ4n) is 3.25. The van der Waals surface area contributed by atoms with Crippen molar-refractivity contribution in [1.29, 1.82) is 0 Å². The summed E-state index contributed by atoms with van der Waals surface area (Å²) in [5.74, 6) is 0. The Morgan fingerprint density at radius 1 is 0.964 bits per heavy atom. The van der Waals surface area contributed by atoms with Gasteiger partial charge in [-0.05, 0) is 72.0 Å². The zero-order chi connectivity index (χ0) is 19.3. The first-order valence-electron chi connectivity index (χ1n) is 8.63.